The third-order valence-corrected chi connectivity index (χ3v) is 6.23. The number of hydrogen-bond acceptors (Lipinski definition) is 9. The molecular weight excluding hydrogens is 452 g/mol. The first kappa shape index (κ1) is 24.3. The van der Waals surface area contributed by atoms with Crippen molar-refractivity contribution in [1.29, 1.82) is 0 Å². The predicted molar refractivity (Wildman–Crippen MR) is 129 cm³/mol. The van der Waals surface area contributed by atoms with Gasteiger partial charge in [0.2, 0.25) is 11.2 Å². The Morgan fingerprint density at radius 2 is 1.89 bits per heavy atom. The zero-order chi connectivity index (χ0) is 24.9. The van der Waals surface area contributed by atoms with Crippen LogP contribution in [0, 0.1) is 0 Å². The summed E-state index contributed by atoms with van der Waals surface area (Å²) in [6, 6.07) is 9.29. The molecule has 0 saturated carbocycles. The minimum atomic E-state index is -0.698. The van der Waals surface area contributed by atoms with Crippen LogP contribution in [0.25, 0.3) is 0 Å². The molecule has 1 saturated heterocycles. The van der Waals surface area contributed by atoms with Crippen LogP contribution < -0.4 is 15.1 Å². The van der Waals surface area contributed by atoms with Crippen LogP contribution in [0.1, 0.15) is 29.4 Å². The summed E-state index contributed by atoms with van der Waals surface area (Å²) in [4.78, 5) is 29.2. The average molecular weight is 483 g/mol. The van der Waals surface area contributed by atoms with Gasteiger partial charge in [-0.3, -0.25) is 19.2 Å². The lowest BCUT2D eigenvalue weighted by Gasteiger charge is -2.36. The number of carbonyl (C=O) groups is 1. The molecule has 2 aromatic heterocycles. The number of nitrogens with zero attached hydrogens (tertiary/aromatic N) is 4. The van der Waals surface area contributed by atoms with Gasteiger partial charge in [0.15, 0.2) is 5.76 Å². The van der Waals surface area contributed by atoms with Crippen LogP contribution in [0.3, 0.4) is 0 Å². The summed E-state index contributed by atoms with van der Waals surface area (Å²) in [5.41, 5.74) is 1.23. The van der Waals surface area contributed by atoms with Gasteiger partial charge in [-0.05, 0) is 24.3 Å². The van der Waals surface area contributed by atoms with E-state index in [1.807, 2.05) is 24.3 Å². The summed E-state index contributed by atoms with van der Waals surface area (Å²) >= 11 is 0. The Balaban J connectivity index is 1.50. The molecule has 1 aliphatic rings. The van der Waals surface area contributed by atoms with Gasteiger partial charge >= 0.3 is 5.97 Å². The SMILES string of the molecule is COC(=O)C[C@@H](c1cnn(C)c1)c1oc(CN2CCN(c3ccc(OC)cc3)CC2)cc(=O)c1O. The van der Waals surface area contributed by atoms with Gasteiger partial charge in [-0.1, -0.05) is 0 Å². The first-order valence-electron chi connectivity index (χ1n) is 11.4. The molecule has 4 rings (SSSR count). The van der Waals surface area contributed by atoms with Crippen molar-refractivity contribution < 1.29 is 23.8 Å². The molecule has 1 fully saturated rings. The fraction of sp³-hybridized carbons (Fsp3) is 0.400. The Hall–Kier alpha value is -3.79. The second-order valence-corrected chi connectivity index (χ2v) is 8.53. The normalized spacial score (nSPS) is 15.1. The Morgan fingerprint density at radius 3 is 2.49 bits per heavy atom. The second kappa shape index (κ2) is 10.6. The molecule has 3 heterocycles. The molecule has 186 valence electrons. The molecule has 0 radical (unpaired) electrons. The molecule has 0 unspecified atom stereocenters. The third-order valence-electron chi connectivity index (χ3n) is 6.23. The highest BCUT2D eigenvalue weighted by atomic mass is 16.5. The number of aromatic hydroxyl groups is 1. The van der Waals surface area contributed by atoms with Crippen molar-refractivity contribution in [2.75, 3.05) is 45.3 Å². The number of hydrogen-bond donors (Lipinski definition) is 1. The Labute approximate surface area is 203 Å². The molecule has 1 atom stereocenters. The number of piperazine rings is 1. The quantitative estimate of drug-likeness (QED) is 0.483. The maximum absolute atomic E-state index is 12.6. The monoisotopic (exact) mass is 482 g/mol. The van der Waals surface area contributed by atoms with Crippen LogP contribution in [0.2, 0.25) is 0 Å². The fourth-order valence-electron chi connectivity index (χ4n) is 4.28. The van der Waals surface area contributed by atoms with Crippen molar-refractivity contribution in [3.05, 3.63) is 70.0 Å². The molecule has 10 heteroatoms. The topological polar surface area (TPSA) is 110 Å². The van der Waals surface area contributed by atoms with E-state index in [-0.39, 0.29) is 12.2 Å². The van der Waals surface area contributed by atoms with Gasteiger partial charge in [-0.25, -0.2) is 0 Å². The number of anilines is 1. The minimum Gasteiger partial charge on any atom is -0.502 e. The van der Waals surface area contributed by atoms with E-state index >= 15 is 0 Å². The van der Waals surface area contributed by atoms with E-state index in [4.69, 9.17) is 13.9 Å². The van der Waals surface area contributed by atoms with Crippen LogP contribution >= 0.6 is 0 Å². The second-order valence-electron chi connectivity index (χ2n) is 8.53. The van der Waals surface area contributed by atoms with E-state index < -0.39 is 23.1 Å². The smallest absolute Gasteiger partial charge is 0.306 e. The van der Waals surface area contributed by atoms with E-state index in [1.54, 1.807) is 31.2 Å². The number of carbonyl (C=O) groups excluding carboxylic acids is 1. The van der Waals surface area contributed by atoms with Crippen molar-refractivity contribution in [3.8, 4) is 11.5 Å². The maximum Gasteiger partial charge on any atom is 0.306 e. The van der Waals surface area contributed by atoms with E-state index in [1.165, 1.54) is 13.2 Å². The lowest BCUT2D eigenvalue weighted by Crippen LogP contribution is -2.46. The lowest BCUT2D eigenvalue weighted by molar-refractivity contribution is -0.140. The van der Waals surface area contributed by atoms with Crippen molar-refractivity contribution in [3.63, 3.8) is 0 Å². The van der Waals surface area contributed by atoms with E-state index in [0.29, 0.717) is 17.9 Å². The highest BCUT2D eigenvalue weighted by molar-refractivity contribution is 5.71. The van der Waals surface area contributed by atoms with Crippen LogP contribution in [0.4, 0.5) is 5.69 Å². The lowest BCUT2D eigenvalue weighted by atomic mass is 9.94. The van der Waals surface area contributed by atoms with Gasteiger partial charge in [0.1, 0.15) is 11.5 Å². The first-order chi connectivity index (χ1) is 16.9. The standard InChI is InChI=1S/C25H30N4O6/c1-27-15-17(14-26-27)21(13-23(31)34-3)25-24(32)22(30)12-20(35-25)16-28-8-10-29(11-9-28)18-4-6-19(33-2)7-5-18/h4-7,12,14-15,21,32H,8-11,13,16H2,1-3H3/t21-/m0/s1. The number of ether oxygens (including phenoxy) is 2. The Morgan fingerprint density at radius 1 is 1.17 bits per heavy atom. The highest BCUT2D eigenvalue weighted by Gasteiger charge is 2.28. The van der Waals surface area contributed by atoms with Gasteiger partial charge < -0.3 is 23.9 Å². The van der Waals surface area contributed by atoms with Gasteiger partial charge in [-0.2, -0.15) is 5.10 Å². The van der Waals surface area contributed by atoms with Crippen LogP contribution in [-0.4, -0.2) is 66.2 Å². The van der Waals surface area contributed by atoms with Crippen molar-refractivity contribution >= 4 is 11.7 Å². The summed E-state index contributed by atoms with van der Waals surface area (Å²) < 4.78 is 17.7. The third kappa shape index (κ3) is 5.65. The molecule has 1 aromatic carbocycles. The molecule has 10 nitrogen and oxygen atoms in total. The number of benzene rings is 1. The minimum absolute atomic E-state index is 0.0442. The summed E-state index contributed by atoms with van der Waals surface area (Å²) in [5, 5.41) is 14.7. The van der Waals surface area contributed by atoms with Crippen molar-refractivity contribution in [1.82, 2.24) is 14.7 Å². The summed E-state index contributed by atoms with van der Waals surface area (Å²) in [6.45, 7) is 3.61. The van der Waals surface area contributed by atoms with Gasteiger partial charge in [-0.15, -0.1) is 0 Å². The van der Waals surface area contributed by atoms with E-state index in [2.05, 4.69) is 14.9 Å². The maximum atomic E-state index is 12.6. The molecule has 1 aliphatic heterocycles. The number of aryl methyl sites for hydroxylation is 1. The number of methoxy groups -OCH3 is 2. The first-order valence-corrected chi connectivity index (χ1v) is 11.4. The van der Waals surface area contributed by atoms with E-state index in [9.17, 15) is 14.7 Å². The molecule has 3 aromatic rings. The Kier molecular flexibility index (Phi) is 7.40. The van der Waals surface area contributed by atoms with Crippen LogP contribution in [0.5, 0.6) is 11.5 Å². The molecule has 35 heavy (non-hydrogen) atoms. The zero-order valence-corrected chi connectivity index (χ0v) is 20.1. The van der Waals surface area contributed by atoms with Crippen molar-refractivity contribution in [2.45, 2.75) is 18.9 Å². The Bertz CT molecular complexity index is 1210. The van der Waals surface area contributed by atoms with E-state index in [0.717, 1.165) is 37.6 Å². The number of aromatic nitrogens is 2. The molecule has 0 spiro atoms. The molecular formula is C25H30N4O6. The largest absolute Gasteiger partial charge is 0.502 e. The van der Waals surface area contributed by atoms with Crippen LogP contribution in [-0.2, 0) is 23.1 Å². The molecule has 0 aliphatic carbocycles. The van der Waals surface area contributed by atoms with Crippen molar-refractivity contribution in [2.24, 2.45) is 7.05 Å². The molecule has 0 bridgehead atoms. The van der Waals surface area contributed by atoms with Crippen LogP contribution in [0.15, 0.2) is 51.9 Å². The van der Waals surface area contributed by atoms with Gasteiger partial charge in [0.25, 0.3) is 0 Å². The molecule has 0 amide bonds. The molecule has 1 N–H and O–H groups in total. The zero-order valence-electron chi connectivity index (χ0n) is 20.1. The average Bonchev–Trinajstić information content (AvgIpc) is 3.31. The number of rotatable bonds is 8. The van der Waals surface area contributed by atoms with Gasteiger partial charge in [0, 0.05) is 56.7 Å². The van der Waals surface area contributed by atoms with Gasteiger partial charge in [0.05, 0.1) is 39.3 Å². The summed E-state index contributed by atoms with van der Waals surface area (Å²) in [7, 11) is 4.69. The summed E-state index contributed by atoms with van der Waals surface area (Å²) in [5.74, 6) is -0.392. The highest BCUT2D eigenvalue weighted by Crippen LogP contribution is 2.33. The summed E-state index contributed by atoms with van der Waals surface area (Å²) in [6.07, 6.45) is 3.21. The number of esters is 1. The fourth-order valence-corrected chi connectivity index (χ4v) is 4.28. The predicted octanol–water partition coefficient (Wildman–Crippen LogP) is 2.10.